The lowest BCUT2D eigenvalue weighted by atomic mass is 10.1. The summed E-state index contributed by atoms with van der Waals surface area (Å²) in [7, 11) is 0. The van der Waals surface area contributed by atoms with Crippen LogP contribution in [0.15, 0.2) is 60.2 Å². The molecule has 1 aromatic carbocycles. The van der Waals surface area contributed by atoms with E-state index in [9.17, 15) is 10.2 Å². The Morgan fingerprint density at radius 2 is 1.88 bits per heavy atom. The number of aryl methyl sites for hydroxylation is 1. The van der Waals surface area contributed by atoms with E-state index in [4.69, 9.17) is 0 Å². The van der Waals surface area contributed by atoms with E-state index >= 15 is 0 Å². The van der Waals surface area contributed by atoms with Crippen LogP contribution in [0.1, 0.15) is 11.1 Å². The first kappa shape index (κ1) is 11.3. The minimum absolute atomic E-state index is 0.0624. The molecule has 0 heterocycles. The van der Waals surface area contributed by atoms with Crippen LogP contribution >= 0.6 is 0 Å². The molecule has 0 fully saturated rings. The van der Waals surface area contributed by atoms with Gasteiger partial charge in [-0.25, -0.2) is 0 Å². The van der Waals surface area contributed by atoms with Crippen molar-refractivity contribution < 1.29 is 10.2 Å². The summed E-state index contributed by atoms with van der Waals surface area (Å²) >= 11 is 0. The molecule has 0 unspecified atom stereocenters. The van der Waals surface area contributed by atoms with Gasteiger partial charge >= 0.3 is 0 Å². The lowest BCUT2D eigenvalue weighted by Crippen LogP contribution is -1.85. The first-order chi connectivity index (χ1) is 8.16. The van der Waals surface area contributed by atoms with Crippen molar-refractivity contribution in [2.45, 2.75) is 6.92 Å². The van der Waals surface area contributed by atoms with Crippen LogP contribution in [0.3, 0.4) is 0 Å². The summed E-state index contributed by atoms with van der Waals surface area (Å²) in [6.45, 7) is 1.91. The van der Waals surface area contributed by atoms with Gasteiger partial charge in [0.25, 0.3) is 0 Å². The van der Waals surface area contributed by atoms with Crippen molar-refractivity contribution in [3.05, 3.63) is 71.4 Å². The summed E-state index contributed by atoms with van der Waals surface area (Å²) in [5, 5.41) is 19.5. The van der Waals surface area contributed by atoms with Crippen molar-refractivity contribution >= 4 is 5.76 Å². The number of benzene rings is 1. The largest absolute Gasteiger partial charge is 0.507 e. The highest BCUT2D eigenvalue weighted by molar-refractivity contribution is 5.66. The maximum atomic E-state index is 9.89. The highest BCUT2D eigenvalue weighted by atomic mass is 16.3. The third-order valence-electron chi connectivity index (χ3n) is 2.55. The number of aromatic hydroxyl groups is 1. The molecule has 0 spiro atoms. The third-order valence-corrected chi connectivity index (χ3v) is 2.55. The van der Waals surface area contributed by atoms with Crippen molar-refractivity contribution in [2.75, 3.05) is 0 Å². The van der Waals surface area contributed by atoms with Crippen LogP contribution in [0.4, 0.5) is 0 Å². The summed E-state index contributed by atoms with van der Waals surface area (Å²) in [5.74, 6) is 0.146. The molecule has 2 N–H and O–H groups in total. The van der Waals surface area contributed by atoms with Crippen LogP contribution in [-0.2, 0) is 0 Å². The van der Waals surface area contributed by atoms with Crippen molar-refractivity contribution in [1.82, 2.24) is 0 Å². The molecule has 1 aromatic rings. The van der Waals surface area contributed by atoms with Crippen LogP contribution in [-0.4, -0.2) is 10.2 Å². The molecular formula is C15H14O2. The van der Waals surface area contributed by atoms with Gasteiger partial charge in [-0.15, -0.1) is 0 Å². The van der Waals surface area contributed by atoms with E-state index in [0.717, 1.165) is 11.1 Å². The van der Waals surface area contributed by atoms with E-state index in [0.29, 0.717) is 5.56 Å². The molecule has 0 radical (unpaired) electrons. The first-order valence-electron chi connectivity index (χ1n) is 5.42. The van der Waals surface area contributed by atoms with Crippen LogP contribution in [0, 0.1) is 6.92 Å². The topological polar surface area (TPSA) is 40.5 Å². The van der Waals surface area contributed by atoms with Crippen LogP contribution in [0.5, 0.6) is 5.75 Å². The number of phenolic OH excluding ortho intramolecular Hbond substituents is 1. The number of hydrogen-bond acceptors (Lipinski definition) is 2. The molecule has 0 saturated carbocycles. The fraction of sp³-hybridized carbons (Fsp3) is 0.0667. The molecule has 2 heteroatoms. The van der Waals surface area contributed by atoms with Crippen molar-refractivity contribution in [3.63, 3.8) is 0 Å². The average Bonchev–Trinajstić information content (AvgIpc) is 2.82. The van der Waals surface area contributed by atoms with Gasteiger partial charge in [0.2, 0.25) is 0 Å². The van der Waals surface area contributed by atoms with Gasteiger partial charge in [0, 0.05) is 0 Å². The second-order valence-electron chi connectivity index (χ2n) is 3.96. The van der Waals surface area contributed by atoms with Crippen molar-refractivity contribution in [3.8, 4) is 5.75 Å². The Kier molecular flexibility index (Phi) is 3.15. The quantitative estimate of drug-likeness (QED) is 0.755. The zero-order chi connectivity index (χ0) is 12.3. The second kappa shape index (κ2) is 4.74. The minimum Gasteiger partial charge on any atom is -0.507 e. The van der Waals surface area contributed by atoms with Gasteiger partial charge in [0.15, 0.2) is 0 Å². The van der Waals surface area contributed by atoms with Gasteiger partial charge in [-0.2, -0.15) is 0 Å². The van der Waals surface area contributed by atoms with Crippen molar-refractivity contribution in [1.29, 1.82) is 0 Å². The standard InChI is InChI=1S/C15H14O2/c1-11-6-8-14(16)13(10-11)15(17)9-7-12-4-2-3-5-12/h2-10,16-17H,1H3. The molecule has 17 heavy (non-hydrogen) atoms. The molecule has 0 amide bonds. The first-order valence-corrected chi connectivity index (χ1v) is 5.42. The second-order valence-corrected chi connectivity index (χ2v) is 3.96. The van der Waals surface area contributed by atoms with Crippen LogP contribution in [0.2, 0.25) is 0 Å². The molecule has 0 atom stereocenters. The molecule has 0 aliphatic heterocycles. The van der Waals surface area contributed by atoms with Gasteiger partial charge in [-0.05, 0) is 30.7 Å². The van der Waals surface area contributed by atoms with Crippen LogP contribution < -0.4 is 0 Å². The molecule has 1 aliphatic rings. The lowest BCUT2D eigenvalue weighted by molar-refractivity contribution is 0.460. The Hall–Kier alpha value is -2.22. The van der Waals surface area contributed by atoms with E-state index < -0.39 is 0 Å². The molecule has 2 nitrogen and oxygen atoms in total. The Morgan fingerprint density at radius 3 is 2.59 bits per heavy atom. The number of aliphatic hydroxyl groups is 1. The van der Waals surface area contributed by atoms with E-state index in [1.807, 2.05) is 31.2 Å². The highest BCUT2D eigenvalue weighted by Gasteiger charge is 2.05. The Balaban J connectivity index is 2.30. The Labute approximate surface area is 101 Å². The van der Waals surface area contributed by atoms with Gasteiger partial charge in [0.05, 0.1) is 5.56 Å². The zero-order valence-electron chi connectivity index (χ0n) is 9.59. The summed E-state index contributed by atoms with van der Waals surface area (Å²) in [6, 6.07) is 5.13. The predicted octanol–water partition coefficient (Wildman–Crippen LogP) is 3.65. The van der Waals surface area contributed by atoms with E-state index in [1.54, 1.807) is 30.4 Å². The molecular weight excluding hydrogens is 212 g/mol. The Morgan fingerprint density at radius 1 is 1.18 bits per heavy atom. The molecule has 0 aromatic heterocycles. The van der Waals surface area contributed by atoms with Gasteiger partial charge in [-0.1, -0.05) is 42.0 Å². The SMILES string of the molecule is Cc1ccc(O)c(C(O)=CC=C2C=CC=C2)c1. The summed E-state index contributed by atoms with van der Waals surface area (Å²) < 4.78 is 0. The molecule has 0 saturated heterocycles. The van der Waals surface area contributed by atoms with E-state index in [1.165, 1.54) is 0 Å². The number of phenols is 1. The number of hydrogen-bond donors (Lipinski definition) is 2. The van der Waals surface area contributed by atoms with Gasteiger partial charge in [0.1, 0.15) is 11.5 Å². The van der Waals surface area contributed by atoms with E-state index in [2.05, 4.69) is 0 Å². The fourth-order valence-electron chi connectivity index (χ4n) is 1.62. The monoisotopic (exact) mass is 226 g/mol. The lowest BCUT2D eigenvalue weighted by Gasteiger charge is -2.04. The van der Waals surface area contributed by atoms with E-state index in [-0.39, 0.29) is 11.5 Å². The highest BCUT2D eigenvalue weighted by Crippen LogP contribution is 2.24. The Bertz CT molecular complexity index is 532. The molecule has 2 rings (SSSR count). The normalized spacial score (nSPS) is 14.4. The molecule has 86 valence electrons. The fourth-order valence-corrected chi connectivity index (χ4v) is 1.62. The van der Waals surface area contributed by atoms with Gasteiger partial charge in [-0.3, -0.25) is 0 Å². The van der Waals surface area contributed by atoms with Crippen LogP contribution in [0.25, 0.3) is 5.76 Å². The summed E-state index contributed by atoms with van der Waals surface area (Å²) in [5.41, 5.74) is 2.46. The number of aliphatic hydroxyl groups excluding tert-OH is 1. The summed E-state index contributed by atoms with van der Waals surface area (Å²) in [4.78, 5) is 0. The van der Waals surface area contributed by atoms with Gasteiger partial charge < -0.3 is 10.2 Å². The minimum atomic E-state index is 0.0624. The molecule has 0 bridgehead atoms. The summed E-state index contributed by atoms with van der Waals surface area (Å²) in [6.07, 6.45) is 11.1. The average molecular weight is 226 g/mol. The number of rotatable bonds is 2. The predicted molar refractivity (Wildman–Crippen MR) is 69.8 cm³/mol. The molecule has 1 aliphatic carbocycles. The third kappa shape index (κ3) is 2.67. The maximum Gasteiger partial charge on any atom is 0.126 e. The van der Waals surface area contributed by atoms with Crippen molar-refractivity contribution in [2.24, 2.45) is 0 Å². The maximum absolute atomic E-state index is 9.89. The zero-order valence-corrected chi connectivity index (χ0v) is 9.59. The smallest absolute Gasteiger partial charge is 0.126 e. The number of allylic oxidation sites excluding steroid dienone is 7.